The summed E-state index contributed by atoms with van der Waals surface area (Å²) in [6, 6.07) is 0.0682. The third kappa shape index (κ3) is 5.43. The topological polar surface area (TPSA) is 79.0 Å². The fourth-order valence-corrected chi connectivity index (χ4v) is 3.94. The summed E-state index contributed by atoms with van der Waals surface area (Å²) < 4.78 is 4.57. The minimum absolute atomic E-state index is 0.107. The van der Waals surface area contributed by atoms with Gasteiger partial charge in [0.15, 0.2) is 0 Å². The first-order valence-electron chi connectivity index (χ1n) is 9.85. The van der Waals surface area contributed by atoms with Gasteiger partial charge in [0.05, 0.1) is 13.2 Å². The molecule has 0 aromatic carbocycles. The number of piperazine rings is 1. The predicted octanol–water partition coefficient (Wildman–Crippen LogP) is 1.17. The van der Waals surface area contributed by atoms with Crippen molar-refractivity contribution in [3.63, 3.8) is 0 Å². The molecule has 7 nitrogen and oxygen atoms in total. The molecule has 0 bridgehead atoms. The van der Waals surface area contributed by atoms with Crippen LogP contribution in [0.4, 0.5) is 0 Å². The van der Waals surface area contributed by atoms with Crippen LogP contribution in [0.2, 0.25) is 0 Å². The Morgan fingerprint density at radius 2 is 1.73 bits per heavy atom. The van der Waals surface area contributed by atoms with Crippen molar-refractivity contribution < 1.29 is 19.1 Å². The van der Waals surface area contributed by atoms with Crippen LogP contribution in [0, 0.1) is 5.92 Å². The van der Waals surface area contributed by atoms with E-state index in [1.807, 2.05) is 6.92 Å². The van der Waals surface area contributed by atoms with Crippen LogP contribution in [0.25, 0.3) is 0 Å². The number of hydrogen-bond donors (Lipinski definition) is 1. The van der Waals surface area contributed by atoms with E-state index in [9.17, 15) is 14.4 Å². The van der Waals surface area contributed by atoms with E-state index in [-0.39, 0.29) is 30.3 Å². The van der Waals surface area contributed by atoms with Gasteiger partial charge in [0.25, 0.3) is 0 Å². The monoisotopic (exact) mass is 367 g/mol. The number of ether oxygens (including phenoxy) is 1. The Kier molecular flexibility index (Phi) is 7.87. The van der Waals surface area contributed by atoms with Crippen LogP contribution < -0.4 is 5.32 Å². The van der Waals surface area contributed by atoms with Crippen LogP contribution in [0.15, 0.2) is 0 Å². The van der Waals surface area contributed by atoms with Gasteiger partial charge in [-0.2, -0.15) is 0 Å². The Morgan fingerprint density at radius 3 is 2.27 bits per heavy atom. The summed E-state index contributed by atoms with van der Waals surface area (Å²) in [6.45, 7) is 6.55. The summed E-state index contributed by atoms with van der Waals surface area (Å²) in [7, 11) is 1.29. The first kappa shape index (κ1) is 20.7. The van der Waals surface area contributed by atoms with Crippen molar-refractivity contribution in [1.29, 1.82) is 0 Å². The molecular weight excluding hydrogens is 334 g/mol. The van der Waals surface area contributed by atoms with Gasteiger partial charge < -0.3 is 15.0 Å². The molecule has 1 aliphatic heterocycles. The molecule has 2 amide bonds. The highest BCUT2D eigenvalue weighted by molar-refractivity contribution is 5.94. The van der Waals surface area contributed by atoms with Crippen molar-refractivity contribution in [1.82, 2.24) is 15.1 Å². The number of carbonyl (C=O) groups is 3. The summed E-state index contributed by atoms with van der Waals surface area (Å²) in [5, 5.41) is 3.15. The molecule has 1 saturated carbocycles. The van der Waals surface area contributed by atoms with Crippen molar-refractivity contribution in [3.8, 4) is 0 Å². The summed E-state index contributed by atoms with van der Waals surface area (Å²) in [5.41, 5.74) is 0. The van der Waals surface area contributed by atoms with E-state index in [1.54, 1.807) is 4.90 Å². The van der Waals surface area contributed by atoms with Crippen molar-refractivity contribution >= 4 is 17.8 Å². The molecular formula is C19H33N3O4. The van der Waals surface area contributed by atoms with E-state index in [4.69, 9.17) is 0 Å². The highest BCUT2D eigenvalue weighted by atomic mass is 16.5. The molecule has 2 fully saturated rings. The second-order valence-corrected chi connectivity index (χ2v) is 7.48. The normalized spacial score (nSPS) is 21.3. The van der Waals surface area contributed by atoms with Crippen LogP contribution in [0.5, 0.6) is 0 Å². The molecule has 1 aliphatic carbocycles. The lowest BCUT2D eigenvalue weighted by Gasteiger charge is -2.41. The lowest BCUT2D eigenvalue weighted by molar-refractivity contribution is -0.147. The molecule has 0 radical (unpaired) electrons. The molecule has 0 aromatic heterocycles. The molecule has 2 rings (SSSR count). The lowest BCUT2D eigenvalue weighted by Crippen LogP contribution is -2.58. The number of carbonyl (C=O) groups excluding carboxylic acids is 3. The van der Waals surface area contributed by atoms with E-state index in [2.05, 4.69) is 21.9 Å². The molecule has 2 aliphatic rings. The van der Waals surface area contributed by atoms with Crippen LogP contribution in [0.3, 0.4) is 0 Å². The minimum Gasteiger partial charge on any atom is -0.469 e. The van der Waals surface area contributed by atoms with Crippen molar-refractivity contribution in [2.24, 2.45) is 5.92 Å². The Bertz CT molecular complexity index is 497. The van der Waals surface area contributed by atoms with Crippen LogP contribution in [-0.2, 0) is 19.1 Å². The van der Waals surface area contributed by atoms with Crippen molar-refractivity contribution in [2.75, 3.05) is 33.3 Å². The largest absolute Gasteiger partial charge is 0.469 e. The van der Waals surface area contributed by atoms with E-state index in [1.165, 1.54) is 20.0 Å². The molecule has 148 valence electrons. The van der Waals surface area contributed by atoms with Crippen LogP contribution >= 0.6 is 0 Å². The van der Waals surface area contributed by atoms with Gasteiger partial charge in [-0.05, 0) is 32.1 Å². The molecule has 2 unspecified atom stereocenters. The summed E-state index contributed by atoms with van der Waals surface area (Å²) in [4.78, 5) is 40.3. The number of methoxy groups -OCH3 is 1. The second-order valence-electron chi connectivity index (χ2n) is 7.48. The lowest BCUT2D eigenvalue weighted by atomic mass is 9.94. The van der Waals surface area contributed by atoms with Crippen molar-refractivity contribution in [2.45, 2.75) is 64.5 Å². The van der Waals surface area contributed by atoms with Gasteiger partial charge in [-0.25, -0.2) is 0 Å². The van der Waals surface area contributed by atoms with E-state index in [0.29, 0.717) is 32.1 Å². The molecule has 0 aromatic rings. The maximum absolute atomic E-state index is 12.9. The molecule has 0 spiro atoms. The number of esters is 1. The summed E-state index contributed by atoms with van der Waals surface area (Å²) >= 11 is 0. The maximum Gasteiger partial charge on any atom is 0.315 e. The SMILES string of the molecule is CCC(C)NC(=O)C(C1CCCC1)N1CCN(C(=O)CC(=O)OC)CC1. The van der Waals surface area contributed by atoms with Crippen molar-refractivity contribution in [3.05, 3.63) is 0 Å². The van der Waals surface area contributed by atoms with E-state index in [0.717, 1.165) is 19.3 Å². The average Bonchev–Trinajstić information content (AvgIpc) is 3.16. The second kappa shape index (κ2) is 9.90. The predicted molar refractivity (Wildman–Crippen MR) is 98.4 cm³/mol. The average molecular weight is 367 g/mol. The maximum atomic E-state index is 12.9. The Hall–Kier alpha value is -1.63. The fraction of sp³-hybridized carbons (Fsp3) is 0.842. The number of rotatable bonds is 7. The van der Waals surface area contributed by atoms with Crippen LogP contribution in [-0.4, -0.2) is 73.0 Å². The molecule has 1 heterocycles. The van der Waals surface area contributed by atoms with Gasteiger partial charge in [-0.15, -0.1) is 0 Å². The highest BCUT2D eigenvalue weighted by Crippen LogP contribution is 2.31. The Balaban J connectivity index is 1.96. The summed E-state index contributed by atoms with van der Waals surface area (Å²) in [5.74, 6) is -0.177. The quantitative estimate of drug-likeness (QED) is 0.540. The smallest absolute Gasteiger partial charge is 0.315 e. The van der Waals surface area contributed by atoms with Gasteiger partial charge in [0.1, 0.15) is 6.42 Å². The number of amides is 2. The van der Waals surface area contributed by atoms with Crippen LogP contribution in [0.1, 0.15) is 52.4 Å². The minimum atomic E-state index is -0.505. The molecule has 2 atom stereocenters. The number of hydrogen-bond acceptors (Lipinski definition) is 5. The fourth-order valence-electron chi connectivity index (χ4n) is 3.94. The number of nitrogens with one attached hydrogen (secondary N) is 1. The third-order valence-electron chi connectivity index (χ3n) is 5.70. The third-order valence-corrected chi connectivity index (χ3v) is 5.70. The molecule has 1 saturated heterocycles. The Morgan fingerprint density at radius 1 is 1.12 bits per heavy atom. The molecule has 26 heavy (non-hydrogen) atoms. The molecule has 7 heteroatoms. The number of nitrogens with zero attached hydrogens (tertiary/aromatic N) is 2. The van der Waals surface area contributed by atoms with Gasteiger partial charge in [-0.1, -0.05) is 19.8 Å². The highest BCUT2D eigenvalue weighted by Gasteiger charge is 2.37. The zero-order valence-corrected chi connectivity index (χ0v) is 16.3. The van der Waals surface area contributed by atoms with E-state index < -0.39 is 5.97 Å². The van der Waals surface area contributed by atoms with Gasteiger partial charge >= 0.3 is 5.97 Å². The Labute approximate surface area is 156 Å². The summed E-state index contributed by atoms with van der Waals surface area (Å²) in [6.07, 6.45) is 5.28. The van der Waals surface area contributed by atoms with Gasteiger partial charge in [0, 0.05) is 32.2 Å². The first-order valence-corrected chi connectivity index (χ1v) is 9.85. The van der Waals surface area contributed by atoms with E-state index >= 15 is 0 Å². The first-order chi connectivity index (χ1) is 12.5. The van der Waals surface area contributed by atoms with Gasteiger partial charge in [-0.3, -0.25) is 19.3 Å². The molecule has 1 N–H and O–H groups in total. The zero-order chi connectivity index (χ0) is 19.1. The zero-order valence-electron chi connectivity index (χ0n) is 16.3. The van der Waals surface area contributed by atoms with Gasteiger partial charge in [0.2, 0.25) is 11.8 Å². The standard InChI is InChI=1S/C19H33N3O4/c1-4-14(2)20-19(25)18(15-7-5-6-8-15)22-11-9-21(10-12-22)16(23)13-17(24)26-3/h14-15,18H,4-13H2,1-3H3,(H,20,25).